The lowest BCUT2D eigenvalue weighted by atomic mass is 9.92. The van der Waals surface area contributed by atoms with Crippen molar-refractivity contribution >= 4 is 23.5 Å². The lowest BCUT2D eigenvalue weighted by molar-refractivity contribution is 0.377. The fourth-order valence-corrected chi connectivity index (χ4v) is 5.68. The van der Waals surface area contributed by atoms with Crippen LogP contribution in [0.5, 0.6) is 0 Å². The normalized spacial score (nSPS) is 21.9. The maximum atomic E-state index is 2.46. The number of hydrogen-bond acceptors (Lipinski definition) is 2. The average Bonchev–Trinajstić information content (AvgIpc) is 2.27. The van der Waals surface area contributed by atoms with Crippen molar-refractivity contribution in [1.82, 2.24) is 0 Å². The Bertz CT molecular complexity index is 164. The van der Waals surface area contributed by atoms with Crippen molar-refractivity contribution in [2.75, 3.05) is 11.5 Å². The van der Waals surface area contributed by atoms with Gasteiger partial charge in [0.2, 0.25) is 0 Å². The van der Waals surface area contributed by atoms with Crippen LogP contribution in [-0.4, -0.2) is 16.1 Å². The first-order valence-electron chi connectivity index (χ1n) is 6.95. The van der Waals surface area contributed by atoms with Crippen molar-refractivity contribution in [3.05, 3.63) is 0 Å². The summed E-state index contributed by atoms with van der Waals surface area (Å²) in [6, 6.07) is 0. The largest absolute Gasteiger partial charge is 0.148 e. The molecule has 1 fully saturated rings. The van der Waals surface area contributed by atoms with E-state index in [4.69, 9.17) is 0 Å². The molecule has 0 saturated carbocycles. The monoisotopic (exact) mass is 260 g/mol. The third kappa shape index (κ3) is 6.44. The van der Waals surface area contributed by atoms with Crippen molar-refractivity contribution in [2.24, 2.45) is 11.8 Å². The van der Waals surface area contributed by atoms with Crippen LogP contribution in [0.25, 0.3) is 0 Å². The molecule has 0 aliphatic carbocycles. The Morgan fingerprint density at radius 1 is 1.12 bits per heavy atom. The molecule has 0 amide bonds. The Morgan fingerprint density at radius 2 is 1.81 bits per heavy atom. The predicted octanol–water partition coefficient (Wildman–Crippen LogP) is 5.43. The lowest BCUT2D eigenvalue weighted by Gasteiger charge is -2.25. The molecule has 0 aromatic carbocycles. The highest BCUT2D eigenvalue weighted by molar-refractivity contribution is 8.17. The molecule has 0 radical (unpaired) electrons. The molecule has 1 aliphatic heterocycles. The third-order valence-electron chi connectivity index (χ3n) is 3.35. The summed E-state index contributed by atoms with van der Waals surface area (Å²) < 4.78 is 0.905. The molecule has 0 spiro atoms. The van der Waals surface area contributed by atoms with Gasteiger partial charge in [0.15, 0.2) is 0 Å². The zero-order valence-corrected chi connectivity index (χ0v) is 12.8. The highest BCUT2D eigenvalue weighted by atomic mass is 32.2. The first-order chi connectivity index (χ1) is 7.72. The van der Waals surface area contributed by atoms with Gasteiger partial charge in [0.05, 0.1) is 4.58 Å². The van der Waals surface area contributed by atoms with Crippen molar-refractivity contribution < 1.29 is 0 Å². The van der Waals surface area contributed by atoms with Gasteiger partial charge in [0.25, 0.3) is 0 Å². The SMILES string of the molecule is CCCC[C@H](C)C[C@H](C)CC1SCCCS1. The van der Waals surface area contributed by atoms with Gasteiger partial charge in [-0.25, -0.2) is 0 Å². The van der Waals surface area contributed by atoms with Crippen molar-refractivity contribution in [2.45, 2.75) is 63.9 Å². The fraction of sp³-hybridized carbons (Fsp3) is 1.00. The Labute approximate surface area is 111 Å². The fourth-order valence-electron chi connectivity index (χ4n) is 2.45. The second kappa shape index (κ2) is 8.74. The van der Waals surface area contributed by atoms with E-state index in [0.717, 1.165) is 16.4 Å². The van der Waals surface area contributed by atoms with Gasteiger partial charge in [0.1, 0.15) is 0 Å². The van der Waals surface area contributed by atoms with Crippen LogP contribution in [0.2, 0.25) is 0 Å². The summed E-state index contributed by atoms with van der Waals surface area (Å²) in [4.78, 5) is 0. The lowest BCUT2D eigenvalue weighted by Crippen LogP contribution is -2.13. The third-order valence-corrected chi connectivity index (χ3v) is 6.34. The highest BCUT2D eigenvalue weighted by Gasteiger charge is 2.18. The van der Waals surface area contributed by atoms with Gasteiger partial charge in [-0.3, -0.25) is 0 Å². The number of thioether (sulfide) groups is 2. The van der Waals surface area contributed by atoms with Gasteiger partial charge in [-0.1, -0.05) is 40.0 Å². The first kappa shape index (κ1) is 14.8. The van der Waals surface area contributed by atoms with Gasteiger partial charge in [-0.05, 0) is 42.6 Å². The zero-order valence-electron chi connectivity index (χ0n) is 11.2. The number of rotatable bonds is 7. The van der Waals surface area contributed by atoms with E-state index in [2.05, 4.69) is 44.3 Å². The zero-order chi connectivity index (χ0) is 11.8. The maximum Gasteiger partial charge on any atom is 0.0505 e. The predicted molar refractivity (Wildman–Crippen MR) is 80.4 cm³/mol. The number of unbranched alkanes of at least 4 members (excludes halogenated alkanes) is 1. The van der Waals surface area contributed by atoms with Gasteiger partial charge < -0.3 is 0 Å². The van der Waals surface area contributed by atoms with Gasteiger partial charge in [-0.2, -0.15) is 0 Å². The molecular formula is C14H28S2. The first-order valence-corrected chi connectivity index (χ1v) is 9.05. The molecule has 1 rings (SSSR count). The Balaban J connectivity index is 2.11. The second-order valence-corrected chi connectivity index (χ2v) is 8.27. The summed E-state index contributed by atoms with van der Waals surface area (Å²) in [7, 11) is 0. The van der Waals surface area contributed by atoms with Gasteiger partial charge in [0, 0.05) is 0 Å². The molecular weight excluding hydrogens is 232 g/mol. The molecule has 16 heavy (non-hydrogen) atoms. The van der Waals surface area contributed by atoms with E-state index < -0.39 is 0 Å². The van der Waals surface area contributed by atoms with E-state index >= 15 is 0 Å². The highest BCUT2D eigenvalue weighted by Crippen LogP contribution is 2.36. The van der Waals surface area contributed by atoms with Crippen LogP contribution in [0.4, 0.5) is 0 Å². The van der Waals surface area contributed by atoms with E-state index in [0.29, 0.717) is 0 Å². The van der Waals surface area contributed by atoms with E-state index in [9.17, 15) is 0 Å². The Kier molecular flexibility index (Phi) is 8.06. The summed E-state index contributed by atoms with van der Waals surface area (Å²) in [6.07, 6.45) is 8.51. The summed E-state index contributed by atoms with van der Waals surface area (Å²) in [5.41, 5.74) is 0. The van der Waals surface area contributed by atoms with Crippen molar-refractivity contribution in [1.29, 1.82) is 0 Å². The Morgan fingerprint density at radius 3 is 2.44 bits per heavy atom. The average molecular weight is 261 g/mol. The molecule has 96 valence electrons. The summed E-state index contributed by atoms with van der Waals surface area (Å²) >= 11 is 4.40. The van der Waals surface area contributed by atoms with Crippen LogP contribution in [0, 0.1) is 11.8 Å². The van der Waals surface area contributed by atoms with E-state index in [1.165, 1.54) is 50.0 Å². The van der Waals surface area contributed by atoms with Crippen molar-refractivity contribution in [3.8, 4) is 0 Å². The standard InChI is InChI=1S/C14H28S2/c1-4-5-7-12(2)10-13(3)11-14-15-8-6-9-16-14/h12-14H,4-11H2,1-3H3/t12-,13-/m0/s1. The van der Waals surface area contributed by atoms with Crippen LogP contribution in [0.1, 0.15) is 59.3 Å². The maximum absolute atomic E-state index is 2.46. The summed E-state index contributed by atoms with van der Waals surface area (Å²) in [5, 5.41) is 0. The minimum absolute atomic E-state index is 0.905. The smallest absolute Gasteiger partial charge is 0.0505 e. The molecule has 0 aromatic heterocycles. The number of hydrogen-bond donors (Lipinski definition) is 0. The molecule has 1 saturated heterocycles. The van der Waals surface area contributed by atoms with Gasteiger partial charge in [-0.15, -0.1) is 23.5 Å². The van der Waals surface area contributed by atoms with Crippen molar-refractivity contribution in [3.63, 3.8) is 0 Å². The Hall–Kier alpha value is 0.700. The minimum atomic E-state index is 0.905. The molecule has 0 N–H and O–H groups in total. The van der Waals surface area contributed by atoms with E-state index in [1.54, 1.807) is 0 Å². The summed E-state index contributed by atoms with van der Waals surface area (Å²) in [6.45, 7) is 7.19. The topological polar surface area (TPSA) is 0 Å². The van der Waals surface area contributed by atoms with E-state index in [-0.39, 0.29) is 0 Å². The molecule has 0 bridgehead atoms. The molecule has 2 atom stereocenters. The molecule has 0 aromatic rings. The molecule has 1 aliphatic rings. The molecule has 0 nitrogen and oxygen atoms in total. The minimum Gasteiger partial charge on any atom is -0.148 e. The van der Waals surface area contributed by atoms with Crippen LogP contribution in [0.15, 0.2) is 0 Å². The van der Waals surface area contributed by atoms with E-state index in [1.807, 2.05) is 0 Å². The second-order valence-electron chi connectivity index (χ2n) is 5.35. The summed E-state index contributed by atoms with van der Waals surface area (Å²) in [5.74, 6) is 4.66. The van der Waals surface area contributed by atoms with Crippen LogP contribution in [0.3, 0.4) is 0 Å². The molecule has 1 heterocycles. The quantitative estimate of drug-likeness (QED) is 0.599. The molecule has 2 heteroatoms. The molecule has 0 unspecified atom stereocenters. The van der Waals surface area contributed by atoms with Crippen LogP contribution in [-0.2, 0) is 0 Å². The van der Waals surface area contributed by atoms with Crippen LogP contribution >= 0.6 is 23.5 Å². The van der Waals surface area contributed by atoms with Gasteiger partial charge >= 0.3 is 0 Å². The van der Waals surface area contributed by atoms with Crippen LogP contribution < -0.4 is 0 Å².